The number of aromatic nitrogens is 2. The number of hydrogen-bond donors (Lipinski definition) is 1. The van der Waals surface area contributed by atoms with Gasteiger partial charge in [-0.3, -0.25) is 9.88 Å². The van der Waals surface area contributed by atoms with E-state index in [1.165, 1.54) is 12.1 Å². The van der Waals surface area contributed by atoms with Crippen LogP contribution in [0.4, 0.5) is 10.2 Å². The van der Waals surface area contributed by atoms with Crippen molar-refractivity contribution < 1.29 is 4.39 Å². The standard InChI is InChI=1S/C16H20FN5/c17-14-3-1-13(2-4-14)15(18)12-21-7-9-22(10-8-21)16-11-19-5-6-20-16/h1-6,11,15H,7-10,12,18H2. The molecular formula is C16H20FN5. The lowest BCUT2D eigenvalue weighted by Crippen LogP contribution is -2.48. The third-order valence-corrected chi connectivity index (χ3v) is 4.00. The summed E-state index contributed by atoms with van der Waals surface area (Å²) in [7, 11) is 0. The zero-order valence-corrected chi connectivity index (χ0v) is 12.4. The Labute approximate surface area is 129 Å². The highest BCUT2D eigenvalue weighted by Gasteiger charge is 2.20. The zero-order valence-electron chi connectivity index (χ0n) is 12.4. The van der Waals surface area contributed by atoms with Crippen molar-refractivity contribution in [1.82, 2.24) is 14.9 Å². The Morgan fingerprint density at radius 2 is 1.82 bits per heavy atom. The molecule has 116 valence electrons. The van der Waals surface area contributed by atoms with Crippen molar-refractivity contribution in [3.8, 4) is 0 Å². The summed E-state index contributed by atoms with van der Waals surface area (Å²) in [6, 6.07) is 6.34. The van der Waals surface area contributed by atoms with Crippen molar-refractivity contribution in [2.75, 3.05) is 37.6 Å². The number of halogens is 1. The second-order valence-electron chi connectivity index (χ2n) is 5.51. The Balaban J connectivity index is 1.52. The fourth-order valence-corrected chi connectivity index (χ4v) is 2.71. The van der Waals surface area contributed by atoms with Gasteiger partial charge in [0.1, 0.15) is 11.6 Å². The van der Waals surface area contributed by atoms with E-state index >= 15 is 0 Å². The molecule has 22 heavy (non-hydrogen) atoms. The summed E-state index contributed by atoms with van der Waals surface area (Å²) in [4.78, 5) is 13.0. The molecule has 0 radical (unpaired) electrons. The zero-order chi connectivity index (χ0) is 15.4. The first kappa shape index (κ1) is 14.9. The van der Waals surface area contributed by atoms with Crippen LogP contribution >= 0.6 is 0 Å². The molecule has 0 spiro atoms. The van der Waals surface area contributed by atoms with Gasteiger partial charge >= 0.3 is 0 Å². The van der Waals surface area contributed by atoms with Crippen molar-refractivity contribution in [3.05, 3.63) is 54.2 Å². The maximum Gasteiger partial charge on any atom is 0.147 e. The smallest absolute Gasteiger partial charge is 0.147 e. The summed E-state index contributed by atoms with van der Waals surface area (Å²) in [5, 5.41) is 0. The molecule has 1 aliphatic rings. The van der Waals surface area contributed by atoms with Gasteiger partial charge in [-0.1, -0.05) is 12.1 Å². The molecule has 0 saturated carbocycles. The van der Waals surface area contributed by atoms with Crippen molar-refractivity contribution in [1.29, 1.82) is 0 Å². The lowest BCUT2D eigenvalue weighted by Gasteiger charge is -2.36. The number of anilines is 1. The van der Waals surface area contributed by atoms with Gasteiger partial charge in [0.2, 0.25) is 0 Å². The van der Waals surface area contributed by atoms with Gasteiger partial charge in [-0.2, -0.15) is 0 Å². The summed E-state index contributed by atoms with van der Waals surface area (Å²) >= 11 is 0. The number of nitrogens with two attached hydrogens (primary N) is 1. The quantitative estimate of drug-likeness (QED) is 0.926. The largest absolute Gasteiger partial charge is 0.353 e. The Morgan fingerprint density at radius 1 is 1.09 bits per heavy atom. The molecular weight excluding hydrogens is 281 g/mol. The number of benzene rings is 1. The minimum absolute atomic E-state index is 0.0938. The normalized spacial score (nSPS) is 17.5. The number of hydrogen-bond acceptors (Lipinski definition) is 5. The third-order valence-electron chi connectivity index (χ3n) is 4.00. The van der Waals surface area contributed by atoms with Crippen LogP contribution in [0.2, 0.25) is 0 Å². The van der Waals surface area contributed by atoms with E-state index in [4.69, 9.17) is 5.73 Å². The Bertz CT molecular complexity index is 581. The summed E-state index contributed by atoms with van der Waals surface area (Å²) in [5.74, 6) is 0.693. The fraction of sp³-hybridized carbons (Fsp3) is 0.375. The second kappa shape index (κ2) is 6.81. The van der Waals surface area contributed by atoms with Gasteiger partial charge in [0.25, 0.3) is 0 Å². The highest BCUT2D eigenvalue weighted by molar-refractivity contribution is 5.35. The van der Waals surface area contributed by atoms with Gasteiger partial charge in [0, 0.05) is 51.2 Å². The van der Waals surface area contributed by atoms with E-state index in [-0.39, 0.29) is 11.9 Å². The van der Waals surface area contributed by atoms with E-state index in [2.05, 4.69) is 19.8 Å². The molecule has 5 nitrogen and oxygen atoms in total. The molecule has 2 aromatic rings. The Hall–Kier alpha value is -2.05. The van der Waals surface area contributed by atoms with Gasteiger partial charge in [-0.05, 0) is 17.7 Å². The molecule has 0 bridgehead atoms. The highest BCUT2D eigenvalue weighted by atomic mass is 19.1. The molecule has 0 amide bonds. The molecule has 1 aliphatic heterocycles. The Kier molecular flexibility index (Phi) is 4.60. The summed E-state index contributed by atoms with van der Waals surface area (Å²) < 4.78 is 12.9. The summed E-state index contributed by atoms with van der Waals surface area (Å²) in [6.07, 6.45) is 5.19. The van der Waals surface area contributed by atoms with Gasteiger partial charge in [0.05, 0.1) is 6.20 Å². The van der Waals surface area contributed by atoms with Crippen LogP contribution in [-0.4, -0.2) is 47.6 Å². The van der Waals surface area contributed by atoms with E-state index in [0.717, 1.165) is 44.1 Å². The first-order valence-electron chi connectivity index (χ1n) is 7.47. The molecule has 1 aromatic heterocycles. The highest BCUT2D eigenvalue weighted by Crippen LogP contribution is 2.16. The number of rotatable bonds is 4. The number of nitrogens with zero attached hydrogens (tertiary/aromatic N) is 4. The lowest BCUT2D eigenvalue weighted by molar-refractivity contribution is 0.242. The van der Waals surface area contributed by atoms with E-state index < -0.39 is 0 Å². The molecule has 1 atom stereocenters. The van der Waals surface area contributed by atoms with Crippen LogP contribution in [0.5, 0.6) is 0 Å². The monoisotopic (exact) mass is 301 g/mol. The van der Waals surface area contributed by atoms with Crippen LogP contribution in [0.3, 0.4) is 0 Å². The first-order chi connectivity index (χ1) is 10.7. The SMILES string of the molecule is NC(CN1CCN(c2cnccn2)CC1)c1ccc(F)cc1. The van der Waals surface area contributed by atoms with Gasteiger partial charge < -0.3 is 10.6 Å². The predicted molar refractivity (Wildman–Crippen MR) is 84.0 cm³/mol. The van der Waals surface area contributed by atoms with Gasteiger partial charge in [-0.25, -0.2) is 9.37 Å². The van der Waals surface area contributed by atoms with Crippen molar-refractivity contribution in [2.45, 2.75) is 6.04 Å². The van der Waals surface area contributed by atoms with Crippen LogP contribution in [0.15, 0.2) is 42.9 Å². The first-order valence-corrected chi connectivity index (χ1v) is 7.47. The average Bonchev–Trinajstić information content (AvgIpc) is 2.57. The van der Waals surface area contributed by atoms with E-state index in [9.17, 15) is 4.39 Å². The van der Waals surface area contributed by atoms with E-state index in [1.54, 1.807) is 30.7 Å². The van der Waals surface area contributed by atoms with Gasteiger partial charge in [-0.15, -0.1) is 0 Å². The van der Waals surface area contributed by atoms with E-state index in [1.807, 2.05) is 0 Å². The summed E-state index contributed by atoms with van der Waals surface area (Å²) in [5.41, 5.74) is 7.19. The van der Waals surface area contributed by atoms with Crippen molar-refractivity contribution >= 4 is 5.82 Å². The third kappa shape index (κ3) is 3.58. The molecule has 3 rings (SSSR count). The van der Waals surface area contributed by atoms with Crippen LogP contribution in [0, 0.1) is 5.82 Å². The molecule has 2 heterocycles. The second-order valence-corrected chi connectivity index (χ2v) is 5.51. The Morgan fingerprint density at radius 3 is 2.45 bits per heavy atom. The van der Waals surface area contributed by atoms with Crippen molar-refractivity contribution in [3.63, 3.8) is 0 Å². The van der Waals surface area contributed by atoms with Gasteiger partial charge in [0.15, 0.2) is 0 Å². The predicted octanol–water partition coefficient (Wildman–Crippen LogP) is 1.44. The molecule has 1 saturated heterocycles. The molecule has 2 N–H and O–H groups in total. The summed E-state index contributed by atoms with van der Waals surface area (Å²) in [6.45, 7) is 4.47. The fourth-order valence-electron chi connectivity index (χ4n) is 2.71. The van der Waals surface area contributed by atoms with Crippen LogP contribution < -0.4 is 10.6 Å². The van der Waals surface area contributed by atoms with Crippen LogP contribution in [0.25, 0.3) is 0 Å². The molecule has 0 aliphatic carbocycles. The molecule has 1 unspecified atom stereocenters. The van der Waals surface area contributed by atoms with Crippen LogP contribution in [-0.2, 0) is 0 Å². The maximum atomic E-state index is 12.9. The number of piperazine rings is 1. The minimum atomic E-state index is -0.228. The van der Waals surface area contributed by atoms with Crippen LogP contribution in [0.1, 0.15) is 11.6 Å². The molecule has 1 aromatic carbocycles. The average molecular weight is 301 g/mol. The minimum Gasteiger partial charge on any atom is -0.353 e. The molecule has 1 fully saturated rings. The van der Waals surface area contributed by atoms with Crippen molar-refractivity contribution in [2.24, 2.45) is 5.73 Å². The topological polar surface area (TPSA) is 58.3 Å². The lowest BCUT2D eigenvalue weighted by atomic mass is 10.1. The molecule has 6 heteroatoms. The van der Waals surface area contributed by atoms with E-state index in [0.29, 0.717) is 0 Å². The maximum absolute atomic E-state index is 12.9.